The Hall–Kier alpha value is -2.75. The fraction of sp³-hybridized carbons (Fsp3) is 0.158. The highest BCUT2D eigenvalue weighted by Gasteiger charge is 2.14. The third kappa shape index (κ3) is 6.17. The Labute approximate surface area is 171 Å². The smallest absolute Gasteiger partial charge is 0.273 e. The summed E-state index contributed by atoms with van der Waals surface area (Å²) in [4.78, 5) is 24.4. The van der Waals surface area contributed by atoms with Crippen LogP contribution in [0.25, 0.3) is 0 Å². The first-order valence-corrected chi connectivity index (χ1v) is 9.02. The molecule has 8 heteroatoms. The quantitative estimate of drug-likeness (QED) is 0.399. The molecule has 0 unspecified atom stereocenters. The van der Waals surface area contributed by atoms with E-state index in [0.717, 1.165) is 3.57 Å². The lowest BCUT2D eigenvalue weighted by Gasteiger charge is -2.13. The van der Waals surface area contributed by atoms with Gasteiger partial charge in [-0.3, -0.25) is 15.0 Å². The zero-order valence-corrected chi connectivity index (χ0v) is 17.1. The minimum absolute atomic E-state index is 0.00546. The van der Waals surface area contributed by atoms with Crippen molar-refractivity contribution in [3.8, 4) is 11.5 Å². The molecule has 0 aromatic heterocycles. The van der Waals surface area contributed by atoms with Crippen molar-refractivity contribution in [3.05, 3.63) is 63.9 Å². The van der Waals surface area contributed by atoms with E-state index in [1.165, 1.54) is 14.2 Å². The Morgan fingerprint density at radius 3 is 2.52 bits per heavy atom. The fourth-order valence-electron chi connectivity index (χ4n) is 2.21. The summed E-state index contributed by atoms with van der Waals surface area (Å²) in [5.74, 6) is 0.281. The molecule has 27 heavy (non-hydrogen) atoms. The molecule has 0 saturated carbocycles. The second-order valence-electron chi connectivity index (χ2n) is 5.48. The molecule has 142 valence electrons. The minimum atomic E-state index is -0.423. The molecule has 3 N–H and O–H groups in total. The standard InChI is InChI=1S/C19H20IN3O4/c1-12(9-18(24)21-14-6-4-5-13(20)10-14)22-23-19(25)16-8-7-15(26-2)11-17(16)27-3/h4-8,10-11,22H,1,9H2,2-3H3,(H,21,24)(H,23,25). The van der Waals surface area contributed by atoms with Crippen LogP contribution >= 0.6 is 22.6 Å². The van der Waals surface area contributed by atoms with E-state index < -0.39 is 5.91 Å². The highest BCUT2D eigenvalue weighted by atomic mass is 127. The molecule has 0 spiro atoms. The van der Waals surface area contributed by atoms with Crippen LogP contribution in [-0.2, 0) is 4.79 Å². The predicted molar refractivity (Wildman–Crippen MR) is 112 cm³/mol. The van der Waals surface area contributed by atoms with E-state index in [4.69, 9.17) is 9.47 Å². The van der Waals surface area contributed by atoms with E-state index in [1.807, 2.05) is 18.2 Å². The van der Waals surface area contributed by atoms with Gasteiger partial charge in [0.1, 0.15) is 11.5 Å². The number of ether oxygens (including phenoxy) is 2. The summed E-state index contributed by atoms with van der Waals surface area (Å²) >= 11 is 2.17. The molecule has 7 nitrogen and oxygen atoms in total. The largest absolute Gasteiger partial charge is 0.497 e. The van der Waals surface area contributed by atoms with Crippen molar-refractivity contribution in [2.75, 3.05) is 19.5 Å². The third-order valence-electron chi connectivity index (χ3n) is 3.49. The molecule has 0 aliphatic carbocycles. The van der Waals surface area contributed by atoms with Crippen molar-refractivity contribution in [1.29, 1.82) is 0 Å². The summed E-state index contributed by atoms with van der Waals surface area (Å²) in [6.07, 6.45) is 0.00546. The van der Waals surface area contributed by atoms with Gasteiger partial charge in [0.25, 0.3) is 5.91 Å². The lowest BCUT2D eigenvalue weighted by atomic mass is 10.2. The fourth-order valence-corrected chi connectivity index (χ4v) is 2.75. The minimum Gasteiger partial charge on any atom is -0.497 e. The Bertz CT molecular complexity index is 855. The highest BCUT2D eigenvalue weighted by molar-refractivity contribution is 14.1. The van der Waals surface area contributed by atoms with Crippen LogP contribution in [0.15, 0.2) is 54.7 Å². The number of benzene rings is 2. The van der Waals surface area contributed by atoms with Crippen LogP contribution in [0.3, 0.4) is 0 Å². The molecule has 0 aliphatic heterocycles. The lowest BCUT2D eigenvalue weighted by molar-refractivity contribution is -0.115. The number of halogens is 1. The van der Waals surface area contributed by atoms with Gasteiger partial charge in [-0.15, -0.1) is 0 Å². The molecule has 0 fully saturated rings. The Kier molecular flexibility index (Phi) is 7.47. The van der Waals surface area contributed by atoms with Crippen LogP contribution < -0.4 is 25.6 Å². The Balaban J connectivity index is 1.87. The number of hydrazine groups is 1. The topological polar surface area (TPSA) is 88.7 Å². The van der Waals surface area contributed by atoms with Crippen LogP contribution in [0.5, 0.6) is 11.5 Å². The van der Waals surface area contributed by atoms with E-state index in [0.29, 0.717) is 28.4 Å². The van der Waals surface area contributed by atoms with E-state index in [-0.39, 0.29) is 12.3 Å². The molecule has 0 atom stereocenters. The van der Waals surface area contributed by atoms with Gasteiger partial charge in [0.2, 0.25) is 5.91 Å². The lowest BCUT2D eigenvalue weighted by Crippen LogP contribution is -2.37. The van der Waals surface area contributed by atoms with Crippen molar-refractivity contribution in [2.45, 2.75) is 6.42 Å². The van der Waals surface area contributed by atoms with Crippen molar-refractivity contribution in [2.24, 2.45) is 0 Å². The summed E-state index contributed by atoms with van der Waals surface area (Å²) in [7, 11) is 2.99. The van der Waals surface area contributed by atoms with Gasteiger partial charge in [0.15, 0.2) is 0 Å². The maximum atomic E-state index is 12.3. The number of nitrogens with one attached hydrogen (secondary N) is 3. The molecule has 0 heterocycles. The molecular weight excluding hydrogens is 461 g/mol. The molecule has 0 bridgehead atoms. The summed E-state index contributed by atoms with van der Waals surface area (Å²) < 4.78 is 11.3. The number of methoxy groups -OCH3 is 2. The van der Waals surface area contributed by atoms with E-state index in [1.54, 1.807) is 24.3 Å². The van der Waals surface area contributed by atoms with Crippen LogP contribution in [0.4, 0.5) is 5.69 Å². The van der Waals surface area contributed by atoms with Gasteiger partial charge in [-0.05, 0) is 52.9 Å². The van der Waals surface area contributed by atoms with Crippen LogP contribution in [0.1, 0.15) is 16.8 Å². The van der Waals surface area contributed by atoms with Crippen LogP contribution in [0, 0.1) is 3.57 Å². The first kappa shape index (κ1) is 20.6. The van der Waals surface area contributed by atoms with Gasteiger partial charge in [0, 0.05) is 21.0 Å². The Morgan fingerprint density at radius 2 is 1.85 bits per heavy atom. The number of rotatable bonds is 8. The number of carbonyl (C=O) groups excluding carboxylic acids is 2. The molecule has 0 aliphatic rings. The molecular formula is C19H20IN3O4. The van der Waals surface area contributed by atoms with E-state index in [9.17, 15) is 9.59 Å². The highest BCUT2D eigenvalue weighted by Crippen LogP contribution is 2.24. The average Bonchev–Trinajstić information content (AvgIpc) is 2.65. The molecule has 2 aromatic rings. The van der Waals surface area contributed by atoms with Gasteiger partial charge < -0.3 is 20.2 Å². The van der Waals surface area contributed by atoms with E-state index in [2.05, 4.69) is 45.3 Å². The van der Waals surface area contributed by atoms with Gasteiger partial charge in [0.05, 0.1) is 26.2 Å². The summed E-state index contributed by atoms with van der Waals surface area (Å²) in [6.45, 7) is 3.75. The second-order valence-corrected chi connectivity index (χ2v) is 6.73. The number of hydrogen-bond acceptors (Lipinski definition) is 5. The first-order valence-electron chi connectivity index (χ1n) is 7.94. The summed E-state index contributed by atoms with van der Waals surface area (Å²) in [5, 5.41) is 2.77. The van der Waals surface area contributed by atoms with Gasteiger partial charge >= 0.3 is 0 Å². The molecule has 0 saturated heterocycles. The zero-order valence-electron chi connectivity index (χ0n) is 15.0. The second kappa shape index (κ2) is 9.81. The number of carbonyl (C=O) groups is 2. The average molecular weight is 481 g/mol. The molecule has 2 aromatic carbocycles. The number of hydrogen-bond donors (Lipinski definition) is 3. The maximum Gasteiger partial charge on any atom is 0.273 e. The normalized spacial score (nSPS) is 9.89. The first-order chi connectivity index (χ1) is 12.9. The SMILES string of the molecule is C=C(CC(=O)Nc1cccc(I)c1)NNC(=O)c1ccc(OC)cc1OC. The third-order valence-corrected chi connectivity index (χ3v) is 4.16. The summed E-state index contributed by atoms with van der Waals surface area (Å²) in [5.41, 5.74) is 6.51. The van der Waals surface area contributed by atoms with Gasteiger partial charge in [-0.25, -0.2) is 0 Å². The van der Waals surface area contributed by atoms with Crippen LogP contribution in [-0.4, -0.2) is 26.0 Å². The predicted octanol–water partition coefficient (Wildman–Crippen LogP) is 3.09. The van der Waals surface area contributed by atoms with Crippen molar-refractivity contribution >= 4 is 40.1 Å². The number of anilines is 1. The van der Waals surface area contributed by atoms with Crippen molar-refractivity contribution in [1.82, 2.24) is 10.9 Å². The van der Waals surface area contributed by atoms with Gasteiger partial charge in [-0.1, -0.05) is 12.6 Å². The van der Waals surface area contributed by atoms with E-state index >= 15 is 0 Å². The van der Waals surface area contributed by atoms with Gasteiger partial charge in [-0.2, -0.15) is 0 Å². The molecule has 0 radical (unpaired) electrons. The maximum absolute atomic E-state index is 12.3. The Morgan fingerprint density at radius 1 is 1.07 bits per heavy atom. The zero-order chi connectivity index (χ0) is 19.8. The van der Waals surface area contributed by atoms with Crippen molar-refractivity contribution in [3.63, 3.8) is 0 Å². The van der Waals surface area contributed by atoms with Crippen LogP contribution in [0.2, 0.25) is 0 Å². The summed E-state index contributed by atoms with van der Waals surface area (Å²) in [6, 6.07) is 12.3. The van der Waals surface area contributed by atoms with Crippen molar-refractivity contribution < 1.29 is 19.1 Å². The molecule has 2 rings (SSSR count). The number of amides is 2. The molecule has 2 amide bonds. The monoisotopic (exact) mass is 481 g/mol.